The molecule has 3 rings (SSSR count). The Hall–Kier alpha value is -3.09. The van der Waals surface area contributed by atoms with Crippen molar-refractivity contribution in [3.63, 3.8) is 0 Å². The van der Waals surface area contributed by atoms with Gasteiger partial charge in [-0.25, -0.2) is 8.42 Å². The number of Topliss-reactive ketones (excluding diaryl/α,β-unsaturated/α-hetero) is 2. The maximum absolute atomic E-state index is 13.0. The molecule has 0 aliphatic heterocycles. The van der Waals surface area contributed by atoms with Crippen molar-refractivity contribution in [2.75, 3.05) is 0 Å². The van der Waals surface area contributed by atoms with Gasteiger partial charge >= 0.3 is 0 Å². The van der Waals surface area contributed by atoms with Crippen LogP contribution in [0.5, 0.6) is 0 Å². The van der Waals surface area contributed by atoms with Gasteiger partial charge in [-0.05, 0) is 19.1 Å². The molecule has 28 heavy (non-hydrogen) atoms. The number of carbonyl (C=O) groups excluding carboxylic acids is 2. The molecular weight excluding hydrogens is 374 g/mol. The fourth-order valence-electron chi connectivity index (χ4n) is 2.70. The van der Waals surface area contributed by atoms with E-state index in [4.69, 9.17) is 0 Å². The molecule has 0 saturated carbocycles. The molecule has 0 unspecified atom stereocenters. The minimum atomic E-state index is -4.07. The minimum Gasteiger partial charge on any atom is -0.292 e. The molecule has 0 radical (unpaired) electrons. The highest BCUT2D eigenvalue weighted by Gasteiger charge is 2.33. The molecule has 0 fully saturated rings. The predicted octanol–water partition coefficient (Wildman–Crippen LogP) is 3.41. The summed E-state index contributed by atoms with van der Waals surface area (Å²) in [5, 5.41) is 0. The molecule has 0 aliphatic carbocycles. The summed E-state index contributed by atoms with van der Waals surface area (Å²) in [6.07, 6.45) is 0. The first-order chi connectivity index (χ1) is 13.4. The Morgan fingerprint density at radius 2 is 1.14 bits per heavy atom. The van der Waals surface area contributed by atoms with Gasteiger partial charge in [0.15, 0.2) is 11.6 Å². The van der Waals surface area contributed by atoms with Crippen LogP contribution in [0.4, 0.5) is 0 Å². The highest BCUT2D eigenvalue weighted by atomic mass is 32.2. The standard InChI is InChI=1S/C22H19NO4S/c1-16-12-14-19(15-13-16)28(26,27)23-20(21(24)17-8-4-2-5-9-17)22(25)18-10-6-3-7-11-18/h2-15,20,23H,1H3. The van der Waals surface area contributed by atoms with Gasteiger partial charge in [0, 0.05) is 11.1 Å². The van der Waals surface area contributed by atoms with Crippen molar-refractivity contribution in [3.05, 3.63) is 102 Å². The fourth-order valence-corrected chi connectivity index (χ4v) is 3.86. The lowest BCUT2D eigenvalue weighted by Crippen LogP contribution is -2.46. The number of hydrogen-bond acceptors (Lipinski definition) is 4. The molecule has 0 heterocycles. The number of hydrogen-bond donors (Lipinski definition) is 1. The lowest BCUT2D eigenvalue weighted by atomic mass is 9.97. The molecule has 3 aromatic rings. The first-order valence-corrected chi connectivity index (χ1v) is 10.1. The van der Waals surface area contributed by atoms with E-state index in [2.05, 4.69) is 4.72 Å². The van der Waals surface area contributed by atoms with E-state index in [1.807, 2.05) is 6.92 Å². The summed E-state index contributed by atoms with van der Waals surface area (Å²) < 4.78 is 27.9. The van der Waals surface area contributed by atoms with Crippen LogP contribution in [0.25, 0.3) is 0 Å². The van der Waals surface area contributed by atoms with Crippen LogP contribution in [0.3, 0.4) is 0 Å². The normalized spacial score (nSPS) is 11.4. The Bertz CT molecular complexity index is 1020. The lowest BCUT2D eigenvalue weighted by Gasteiger charge is -2.17. The average Bonchev–Trinajstić information content (AvgIpc) is 2.72. The van der Waals surface area contributed by atoms with Gasteiger partial charge < -0.3 is 0 Å². The van der Waals surface area contributed by atoms with E-state index in [0.717, 1.165) is 5.56 Å². The second-order valence-corrected chi connectivity index (χ2v) is 8.04. The molecule has 142 valence electrons. The van der Waals surface area contributed by atoms with Crippen LogP contribution >= 0.6 is 0 Å². The van der Waals surface area contributed by atoms with Crippen LogP contribution in [0.15, 0.2) is 89.8 Å². The highest BCUT2D eigenvalue weighted by molar-refractivity contribution is 7.89. The fraction of sp³-hybridized carbons (Fsp3) is 0.0909. The van der Waals surface area contributed by atoms with Gasteiger partial charge in [-0.3, -0.25) is 9.59 Å². The van der Waals surface area contributed by atoms with E-state index in [9.17, 15) is 18.0 Å². The van der Waals surface area contributed by atoms with Crippen LogP contribution < -0.4 is 4.72 Å². The molecule has 0 spiro atoms. The zero-order chi connectivity index (χ0) is 20.1. The Morgan fingerprint density at radius 1 is 0.714 bits per heavy atom. The Labute approximate surface area is 164 Å². The number of rotatable bonds is 7. The monoisotopic (exact) mass is 393 g/mol. The van der Waals surface area contributed by atoms with Crippen molar-refractivity contribution in [2.24, 2.45) is 0 Å². The zero-order valence-corrected chi connectivity index (χ0v) is 16.0. The number of benzene rings is 3. The summed E-state index contributed by atoms with van der Waals surface area (Å²) >= 11 is 0. The number of carbonyl (C=O) groups is 2. The molecule has 6 heteroatoms. The molecular formula is C22H19NO4S. The maximum Gasteiger partial charge on any atom is 0.241 e. The largest absolute Gasteiger partial charge is 0.292 e. The van der Waals surface area contributed by atoms with Crippen molar-refractivity contribution < 1.29 is 18.0 Å². The quantitative estimate of drug-likeness (QED) is 0.493. The van der Waals surface area contributed by atoms with E-state index in [1.165, 1.54) is 12.1 Å². The number of nitrogens with one attached hydrogen (secondary N) is 1. The SMILES string of the molecule is Cc1ccc(S(=O)(=O)NC(C(=O)c2ccccc2)C(=O)c2ccccc2)cc1. The van der Waals surface area contributed by atoms with Crippen molar-refractivity contribution in [2.45, 2.75) is 17.9 Å². The molecule has 3 aromatic carbocycles. The van der Waals surface area contributed by atoms with Crippen molar-refractivity contribution in [1.29, 1.82) is 0 Å². The third-order valence-electron chi connectivity index (χ3n) is 4.25. The molecule has 0 aliphatic rings. The molecule has 1 N–H and O–H groups in total. The first kappa shape index (κ1) is 19.7. The average molecular weight is 393 g/mol. The van der Waals surface area contributed by atoms with Crippen molar-refractivity contribution in [1.82, 2.24) is 4.72 Å². The Morgan fingerprint density at radius 3 is 1.57 bits per heavy atom. The topological polar surface area (TPSA) is 80.3 Å². The molecule has 0 atom stereocenters. The Balaban J connectivity index is 1.99. The third-order valence-corrected chi connectivity index (χ3v) is 5.68. The van der Waals surface area contributed by atoms with Crippen LogP contribution in [0.1, 0.15) is 26.3 Å². The highest BCUT2D eigenvalue weighted by Crippen LogP contribution is 2.15. The summed E-state index contributed by atoms with van der Waals surface area (Å²) in [6, 6.07) is 20.9. The first-order valence-electron chi connectivity index (χ1n) is 8.66. The van der Waals surface area contributed by atoms with E-state index in [0.29, 0.717) is 0 Å². The van der Waals surface area contributed by atoms with Gasteiger partial charge in [-0.2, -0.15) is 4.72 Å². The van der Waals surface area contributed by atoms with Crippen LogP contribution in [0.2, 0.25) is 0 Å². The number of sulfonamides is 1. The Kier molecular flexibility index (Phi) is 5.82. The summed E-state index contributed by atoms with van der Waals surface area (Å²) in [7, 11) is -4.07. The van der Waals surface area contributed by atoms with Gasteiger partial charge in [-0.1, -0.05) is 78.4 Å². The van der Waals surface area contributed by atoms with E-state index in [-0.39, 0.29) is 16.0 Å². The number of ketones is 2. The smallest absolute Gasteiger partial charge is 0.241 e. The molecule has 5 nitrogen and oxygen atoms in total. The summed E-state index contributed by atoms with van der Waals surface area (Å²) in [5.41, 5.74) is 1.41. The summed E-state index contributed by atoms with van der Waals surface area (Å²) in [6.45, 7) is 1.84. The molecule has 0 amide bonds. The molecule has 0 bridgehead atoms. The second kappa shape index (κ2) is 8.29. The molecule has 0 saturated heterocycles. The van der Waals surface area contributed by atoms with Crippen LogP contribution in [-0.2, 0) is 10.0 Å². The van der Waals surface area contributed by atoms with Gasteiger partial charge in [0.25, 0.3) is 0 Å². The van der Waals surface area contributed by atoms with Gasteiger partial charge in [0.05, 0.1) is 4.90 Å². The van der Waals surface area contributed by atoms with Crippen molar-refractivity contribution >= 4 is 21.6 Å². The van der Waals surface area contributed by atoms with E-state index < -0.39 is 27.6 Å². The van der Waals surface area contributed by atoms with Gasteiger partial charge in [-0.15, -0.1) is 0 Å². The van der Waals surface area contributed by atoms with Gasteiger partial charge in [0.1, 0.15) is 6.04 Å². The van der Waals surface area contributed by atoms with Crippen molar-refractivity contribution in [3.8, 4) is 0 Å². The van der Waals surface area contributed by atoms with Crippen LogP contribution in [-0.4, -0.2) is 26.0 Å². The minimum absolute atomic E-state index is 0.00942. The predicted molar refractivity (Wildman–Crippen MR) is 107 cm³/mol. The number of aryl methyl sites for hydroxylation is 1. The van der Waals surface area contributed by atoms with E-state index >= 15 is 0 Å². The third kappa shape index (κ3) is 4.42. The second-order valence-electron chi connectivity index (χ2n) is 6.33. The molecule has 0 aromatic heterocycles. The maximum atomic E-state index is 13.0. The lowest BCUT2D eigenvalue weighted by molar-refractivity contribution is 0.0852. The zero-order valence-electron chi connectivity index (χ0n) is 15.2. The summed E-state index contributed by atoms with van der Waals surface area (Å²) in [4.78, 5) is 25.9. The van der Waals surface area contributed by atoms with Crippen LogP contribution in [0, 0.1) is 6.92 Å². The van der Waals surface area contributed by atoms with E-state index in [1.54, 1.807) is 72.8 Å². The summed E-state index contributed by atoms with van der Waals surface area (Å²) in [5.74, 6) is -1.21. The van der Waals surface area contributed by atoms with Gasteiger partial charge in [0.2, 0.25) is 10.0 Å².